The van der Waals surface area contributed by atoms with E-state index in [2.05, 4.69) is 22.3 Å². The van der Waals surface area contributed by atoms with Crippen molar-refractivity contribution in [1.82, 2.24) is 10.2 Å². The summed E-state index contributed by atoms with van der Waals surface area (Å²) in [6.07, 6.45) is 1.08. The fourth-order valence-electron chi connectivity index (χ4n) is 1.85. The summed E-state index contributed by atoms with van der Waals surface area (Å²) in [5.41, 5.74) is 1.32. The van der Waals surface area contributed by atoms with E-state index in [1.54, 1.807) is 0 Å². The molecule has 1 radical (unpaired) electrons. The minimum atomic E-state index is 0.834. The number of halogens is 1. The second kappa shape index (κ2) is 5.50. The molecule has 1 fully saturated rings. The molecule has 15 heavy (non-hydrogen) atoms. The molecular formula is C12H16ClN2. The third kappa shape index (κ3) is 3.49. The number of nitrogens with zero attached hydrogens (tertiary/aromatic N) is 2. The van der Waals surface area contributed by atoms with Crippen LogP contribution in [0.4, 0.5) is 0 Å². The molecule has 0 aromatic heterocycles. The van der Waals surface area contributed by atoms with Gasteiger partial charge in [-0.3, -0.25) is 0 Å². The van der Waals surface area contributed by atoms with E-state index in [1.807, 2.05) is 12.1 Å². The van der Waals surface area contributed by atoms with Gasteiger partial charge in [0, 0.05) is 37.7 Å². The molecule has 0 atom stereocenters. The predicted molar refractivity (Wildman–Crippen MR) is 63.5 cm³/mol. The van der Waals surface area contributed by atoms with Crippen molar-refractivity contribution >= 4 is 11.6 Å². The molecule has 2 nitrogen and oxygen atoms in total. The maximum absolute atomic E-state index is 5.94. The monoisotopic (exact) mass is 223 g/mol. The third-order valence-corrected chi connectivity index (χ3v) is 2.99. The first-order valence-corrected chi connectivity index (χ1v) is 5.82. The van der Waals surface area contributed by atoms with Crippen LogP contribution in [0.2, 0.25) is 5.02 Å². The summed E-state index contributed by atoms with van der Waals surface area (Å²) in [6.45, 7) is 5.34. The Morgan fingerprint density at radius 1 is 1.27 bits per heavy atom. The summed E-state index contributed by atoms with van der Waals surface area (Å²) in [4.78, 5) is 2.47. The standard InChI is InChI=1S/C12H16ClN2/c13-12-3-1-2-11(10-12)4-7-15-8-5-14-6-9-15/h1-3,10H,4-9H2. The molecule has 0 unspecified atom stereocenters. The van der Waals surface area contributed by atoms with Gasteiger partial charge in [-0.1, -0.05) is 23.7 Å². The zero-order valence-electron chi connectivity index (χ0n) is 8.82. The first-order valence-electron chi connectivity index (χ1n) is 5.45. The molecule has 0 amide bonds. The van der Waals surface area contributed by atoms with Crippen LogP contribution in [0.5, 0.6) is 0 Å². The van der Waals surface area contributed by atoms with Crippen molar-refractivity contribution in [2.75, 3.05) is 32.7 Å². The number of piperazine rings is 1. The highest BCUT2D eigenvalue weighted by molar-refractivity contribution is 6.30. The Morgan fingerprint density at radius 2 is 2.07 bits per heavy atom. The summed E-state index contributed by atoms with van der Waals surface area (Å²) in [7, 11) is 0. The summed E-state index contributed by atoms with van der Waals surface area (Å²) in [5.74, 6) is 0. The van der Waals surface area contributed by atoms with Crippen molar-refractivity contribution in [3.8, 4) is 0 Å². The topological polar surface area (TPSA) is 17.3 Å². The van der Waals surface area contributed by atoms with Crippen LogP contribution in [0.25, 0.3) is 0 Å². The lowest BCUT2D eigenvalue weighted by Gasteiger charge is -2.26. The average molecular weight is 224 g/mol. The van der Waals surface area contributed by atoms with Gasteiger partial charge < -0.3 is 4.90 Å². The van der Waals surface area contributed by atoms with Crippen molar-refractivity contribution in [1.29, 1.82) is 0 Å². The van der Waals surface area contributed by atoms with Crippen molar-refractivity contribution in [3.63, 3.8) is 0 Å². The van der Waals surface area contributed by atoms with Gasteiger partial charge in [-0.2, -0.15) is 0 Å². The molecule has 1 aromatic rings. The van der Waals surface area contributed by atoms with E-state index in [1.165, 1.54) is 5.56 Å². The smallest absolute Gasteiger partial charge is 0.0408 e. The van der Waals surface area contributed by atoms with Gasteiger partial charge in [0.1, 0.15) is 0 Å². The lowest BCUT2D eigenvalue weighted by molar-refractivity contribution is 0.241. The van der Waals surface area contributed by atoms with Gasteiger partial charge in [-0.05, 0) is 24.1 Å². The van der Waals surface area contributed by atoms with Crippen molar-refractivity contribution < 1.29 is 0 Å². The number of hydrogen-bond acceptors (Lipinski definition) is 1. The van der Waals surface area contributed by atoms with Gasteiger partial charge in [-0.25, -0.2) is 5.32 Å². The minimum Gasteiger partial charge on any atom is -0.300 e. The van der Waals surface area contributed by atoms with Crippen molar-refractivity contribution in [2.24, 2.45) is 0 Å². The molecule has 0 aliphatic carbocycles. The van der Waals surface area contributed by atoms with Gasteiger partial charge >= 0.3 is 0 Å². The maximum atomic E-state index is 5.94. The molecule has 0 N–H and O–H groups in total. The largest absolute Gasteiger partial charge is 0.300 e. The Morgan fingerprint density at radius 3 is 2.80 bits per heavy atom. The molecule has 2 rings (SSSR count). The van der Waals surface area contributed by atoms with Crippen LogP contribution in [-0.4, -0.2) is 37.6 Å². The van der Waals surface area contributed by atoms with Crippen LogP contribution in [0.15, 0.2) is 24.3 Å². The fourth-order valence-corrected chi connectivity index (χ4v) is 2.06. The minimum absolute atomic E-state index is 0.834. The van der Waals surface area contributed by atoms with Gasteiger partial charge in [-0.15, -0.1) is 0 Å². The first kappa shape index (κ1) is 10.9. The molecule has 0 saturated carbocycles. The lowest BCUT2D eigenvalue weighted by atomic mass is 10.1. The quantitative estimate of drug-likeness (QED) is 0.764. The van der Waals surface area contributed by atoms with E-state index in [4.69, 9.17) is 11.6 Å². The lowest BCUT2D eigenvalue weighted by Crippen LogP contribution is -2.41. The van der Waals surface area contributed by atoms with Crippen LogP contribution >= 0.6 is 11.6 Å². The Kier molecular flexibility index (Phi) is 4.01. The summed E-state index contributed by atoms with van der Waals surface area (Å²) >= 11 is 5.94. The Bertz CT molecular complexity index is 308. The van der Waals surface area contributed by atoms with Gasteiger partial charge in [0.2, 0.25) is 0 Å². The van der Waals surface area contributed by atoms with Gasteiger partial charge in [0.15, 0.2) is 0 Å². The molecule has 0 bridgehead atoms. The maximum Gasteiger partial charge on any atom is 0.0408 e. The van der Waals surface area contributed by atoms with Crippen LogP contribution in [-0.2, 0) is 6.42 Å². The van der Waals surface area contributed by atoms with E-state index in [9.17, 15) is 0 Å². The summed E-state index contributed by atoms with van der Waals surface area (Å²) in [5, 5.41) is 5.17. The third-order valence-electron chi connectivity index (χ3n) is 2.75. The second-order valence-electron chi connectivity index (χ2n) is 3.89. The molecule has 1 heterocycles. The van der Waals surface area contributed by atoms with Crippen molar-refractivity contribution in [3.05, 3.63) is 34.9 Å². The molecule has 3 heteroatoms. The number of rotatable bonds is 3. The molecule has 1 saturated heterocycles. The summed E-state index contributed by atoms with van der Waals surface area (Å²) in [6, 6.07) is 8.13. The molecule has 1 aliphatic rings. The van der Waals surface area contributed by atoms with Gasteiger partial charge in [0.05, 0.1) is 0 Å². The zero-order valence-corrected chi connectivity index (χ0v) is 9.58. The molecular weight excluding hydrogens is 208 g/mol. The zero-order chi connectivity index (χ0) is 10.5. The molecule has 1 aliphatic heterocycles. The van der Waals surface area contributed by atoms with Crippen molar-refractivity contribution in [2.45, 2.75) is 6.42 Å². The highest BCUT2D eigenvalue weighted by atomic mass is 35.5. The fraction of sp³-hybridized carbons (Fsp3) is 0.500. The normalized spacial score (nSPS) is 17.9. The molecule has 81 valence electrons. The number of hydrogen-bond donors (Lipinski definition) is 0. The van der Waals surface area contributed by atoms with E-state index in [0.29, 0.717) is 0 Å². The van der Waals surface area contributed by atoms with E-state index in [-0.39, 0.29) is 0 Å². The van der Waals surface area contributed by atoms with Gasteiger partial charge in [0.25, 0.3) is 0 Å². The Hall–Kier alpha value is -0.570. The highest BCUT2D eigenvalue weighted by Gasteiger charge is 2.09. The summed E-state index contributed by atoms with van der Waals surface area (Å²) < 4.78 is 0. The molecule has 1 aromatic carbocycles. The number of benzene rings is 1. The van der Waals surface area contributed by atoms with Crippen LogP contribution in [0, 0.1) is 0 Å². The Labute approximate surface area is 96.2 Å². The molecule has 0 spiro atoms. The SMILES string of the molecule is Clc1cccc(CCN2CC[N]CC2)c1. The average Bonchev–Trinajstić information content (AvgIpc) is 2.28. The highest BCUT2D eigenvalue weighted by Crippen LogP contribution is 2.11. The predicted octanol–water partition coefficient (Wildman–Crippen LogP) is 1.80. The van der Waals surface area contributed by atoms with E-state index in [0.717, 1.165) is 44.2 Å². The van der Waals surface area contributed by atoms with E-state index >= 15 is 0 Å². The Balaban J connectivity index is 1.81. The second-order valence-corrected chi connectivity index (χ2v) is 4.33. The van der Waals surface area contributed by atoms with E-state index < -0.39 is 0 Å². The van der Waals surface area contributed by atoms with Crippen LogP contribution in [0.3, 0.4) is 0 Å². The van der Waals surface area contributed by atoms with Crippen LogP contribution in [0.1, 0.15) is 5.56 Å². The first-order chi connectivity index (χ1) is 7.34. The van der Waals surface area contributed by atoms with Crippen LogP contribution < -0.4 is 5.32 Å².